The van der Waals surface area contributed by atoms with Gasteiger partial charge in [0.25, 0.3) is 0 Å². The molecule has 0 aromatic heterocycles. The molecule has 0 N–H and O–H groups in total. The van der Waals surface area contributed by atoms with Crippen LogP contribution in [0.15, 0.2) is 0 Å². The maximum Gasteiger partial charge on any atom is 0.00386 e. The maximum atomic E-state index is 2.77. The molecule has 0 bridgehead atoms. The van der Waals surface area contributed by atoms with E-state index in [0.29, 0.717) is 0 Å². The molecule has 3 aliphatic rings. The first-order chi connectivity index (χ1) is 9.67. The highest BCUT2D eigenvalue weighted by Crippen LogP contribution is 2.51. The van der Waals surface area contributed by atoms with E-state index in [-0.39, 0.29) is 0 Å². The van der Waals surface area contributed by atoms with Crippen molar-refractivity contribution in [2.45, 2.75) is 57.8 Å². The molecule has 3 rings (SSSR count). The second-order valence-corrected chi connectivity index (χ2v) is 8.23. The fourth-order valence-corrected chi connectivity index (χ4v) is 5.28. The first kappa shape index (κ1) is 14.8. The van der Waals surface area contributed by atoms with E-state index < -0.39 is 0 Å². The lowest BCUT2D eigenvalue weighted by Crippen LogP contribution is -2.37. The summed E-state index contributed by atoms with van der Waals surface area (Å²) in [6, 6.07) is 0. The second-order valence-electron chi connectivity index (χ2n) is 8.23. The zero-order chi connectivity index (χ0) is 14.0. The first-order valence-corrected chi connectivity index (χ1v) is 9.04. The molecule has 1 aliphatic heterocycles. The number of fused-ring (bicyclic) bond motifs is 1. The van der Waals surface area contributed by atoms with Gasteiger partial charge >= 0.3 is 0 Å². The predicted molar refractivity (Wildman–Crippen MR) is 86.0 cm³/mol. The Labute approximate surface area is 125 Å². The predicted octanol–water partition coefficient (Wildman–Crippen LogP) is 3.62. The Hall–Kier alpha value is -0.0800. The summed E-state index contributed by atoms with van der Waals surface area (Å²) in [6.07, 6.45) is 13.6. The lowest BCUT2D eigenvalue weighted by atomic mass is 9.61. The van der Waals surface area contributed by atoms with E-state index in [2.05, 4.69) is 23.9 Å². The zero-order valence-corrected chi connectivity index (χ0v) is 13.7. The molecule has 0 amide bonds. The minimum Gasteiger partial charge on any atom is -0.309 e. The zero-order valence-electron chi connectivity index (χ0n) is 13.7. The third-order valence-electron chi connectivity index (χ3n) is 6.40. The van der Waals surface area contributed by atoms with Gasteiger partial charge in [-0.15, -0.1) is 0 Å². The molecule has 2 nitrogen and oxygen atoms in total. The fraction of sp³-hybridized carbons (Fsp3) is 1.00. The number of hydrogen-bond acceptors (Lipinski definition) is 2. The molecular formula is C18H34N2. The molecule has 1 spiro atoms. The van der Waals surface area contributed by atoms with E-state index in [4.69, 9.17) is 0 Å². The Morgan fingerprint density at radius 1 is 1.05 bits per heavy atom. The Balaban J connectivity index is 1.48. The van der Waals surface area contributed by atoms with Gasteiger partial charge in [0.1, 0.15) is 0 Å². The largest absolute Gasteiger partial charge is 0.309 e. The van der Waals surface area contributed by atoms with Crippen LogP contribution in [0.2, 0.25) is 0 Å². The maximum absolute atomic E-state index is 2.77. The van der Waals surface area contributed by atoms with Gasteiger partial charge in [0.15, 0.2) is 0 Å². The summed E-state index contributed by atoms with van der Waals surface area (Å²) in [5, 5.41) is 0. The third kappa shape index (κ3) is 3.39. The standard InChI is InChI=1S/C18H34N2/c1-19(2)11-5-12-20-13-10-18(15-20)9-8-16-6-3-4-7-17(16)14-18/h16-17H,3-15H2,1-2H3/t16-,17+,18-/m0/s1. The molecule has 2 heteroatoms. The molecule has 20 heavy (non-hydrogen) atoms. The van der Waals surface area contributed by atoms with Crippen molar-refractivity contribution in [3.8, 4) is 0 Å². The van der Waals surface area contributed by atoms with Crippen LogP contribution in [-0.2, 0) is 0 Å². The molecule has 0 aromatic rings. The topological polar surface area (TPSA) is 6.48 Å². The molecule has 1 heterocycles. The van der Waals surface area contributed by atoms with Gasteiger partial charge < -0.3 is 9.80 Å². The molecule has 0 radical (unpaired) electrons. The van der Waals surface area contributed by atoms with Gasteiger partial charge in [0, 0.05) is 6.54 Å². The van der Waals surface area contributed by atoms with Gasteiger partial charge in [-0.25, -0.2) is 0 Å². The van der Waals surface area contributed by atoms with Gasteiger partial charge in [-0.3, -0.25) is 0 Å². The molecule has 116 valence electrons. The molecule has 3 fully saturated rings. The molecule has 0 aromatic carbocycles. The van der Waals surface area contributed by atoms with Crippen molar-refractivity contribution in [3.05, 3.63) is 0 Å². The molecule has 1 saturated heterocycles. The van der Waals surface area contributed by atoms with Crippen LogP contribution in [0.3, 0.4) is 0 Å². The Morgan fingerprint density at radius 3 is 2.65 bits per heavy atom. The molecule has 3 atom stereocenters. The van der Waals surface area contributed by atoms with Crippen molar-refractivity contribution in [1.29, 1.82) is 0 Å². The third-order valence-corrected chi connectivity index (χ3v) is 6.40. The second kappa shape index (κ2) is 6.36. The average molecular weight is 278 g/mol. The summed E-state index contributed by atoms with van der Waals surface area (Å²) >= 11 is 0. The number of hydrogen-bond donors (Lipinski definition) is 0. The van der Waals surface area contributed by atoms with Crippen LogP contribution in [-0.4, -0.2) is 50.1 Å². The smallest absolute Gasteiger partial charge is 0.00386 e. The van der Waals surface area contributed by atoms with E-state index >= 15 is 0 Å². The summed E-state index contributed by atoms with van der Waals surface area (Å²) in [6.45, 7) is 5.37. The van der Waals surface area contributed by atoms with Gasteiger partial charge in [0.05, 0.1) is 0 Å². The van der Waals surface area contributed by atoms with Crippen LogP contribution >= 0.6 is 0 Å². The van der Waals surface area contributed by atoms with Crippen molar-refractivity contribution in [3.63, 3.8) is 0 Å². The van der Waals surface area contributed by atoms with Crippen LogP contribution in [0.5, 0.6) is 0 Å². The molecule has 2 aliphatic carbocycles. The highest BCUT2D eigenvalue weighted by Gasteiger charge is 2.44. The summed E-state index contributed by atoms with van der Waals surface area (Å²) in [5.74, 6) is 2.20. The highest BCUT2D eigenvalue weighted by molar-refractivity contribution is 4.97. The first-order valence-electron chi connectivity index (χ1n) is 9.04. The summed E-state index contributed by atoms with van der Waals surface area (Å²) in [5.41, 5.74) is 0.733. The van der Waals surface area contributed by atoms with E-state index in [0.717, 1.165) is 17.3 Å². The minimum absolute atomic E-state index is 0.733. The summed E-state index contributed by atoms with van der Waals surface area (Å²) in [7, 11) is 4.38. The van der Waals surface area contributed by atoms with Crippen LogP contribution in [0.1, 0.15) is 57.8 Å². The molecule has 2 saturated carbocycles. The van der Waals surface area contributed by atoms with Crippen molar-refractivity contribution >= 4 is 0 Å². The normalized spacial score (nSPS) is 38.5. The Bertz CT molecular complexity index is 315. The van der Waals surface area contributed by atoms with Gasteiger partial charge in [-0.2, -0.15) is 0 Å². The van der Waals surface area contributed by atoms with E-state index in [1.165, 1.54) is 51.9 Å². The Morgan fingerprint density at radius 2 is 1.85 bits per heavy atom. The Kier molecular flexibility index (Phi) is 4.72. The van der Waals surface area contributed by atoms with Crippen molar-refractivity contribution in [2.24, 2.45) is 17.3 Å². The van der Waals surface area contributed by atoms with Gasteiger partial charge in [-0.1, -0.05) is 25.7 Å². The number of likely N-dealkylation sites (tertiary alicyclic amines) is 1. The van der Waals surface area contributed by atoms with Crippen molar-refractivity contribution in [2.75, 3.05) is 40.3 Å². The fourth-order valence-electron chi connectivity index (χ4n) is 5.28. The highest BCUT2D eigenvalue weighted by atomic mass is 15.2. The van der Waals surface area contributed by atoms with E-state index in [9.17, 15) is 0 Å². The molecular weight excluding hydrogens is 244 g/mol. The monoisotopic (exact) mass is 278 g/mol. The van der Waals surface area contributed by atoms with Gasteiger partial charge in [0.2, 0.25) is 0 Å². The minimum atomic E-state index is 0.733. The van der Waals surface area contributed by atoms with Crippen molar-refractivity contribution < 1.29 is 0 Å². The van der Waals surface area contributed by atoms with E-state index in [1.54, 1.807) is 32.1 Å². The SMILES string of the molecule is CN(C)CCCN1CC[C@]2(CC[C@@H]3CCCC[C@@H]3C2)C1. The van der Waals surface area contributed by atoms with Crippen LogP contribution in [0, 0.1) is 17.3 Å². The van der Waals surface area contributed by atoms with E-state index in [1.807, 2.05) is 0 Å². The van der Waals surface area contributed by atoms with Gasteiger partial charge in [-0.05, 0) is 83.1 Å². The van der Waals surface area contributed by atoms with Crippen LogP contribution in [0.25, 0.3) is 0 Å². The number of rotatable bonds is 4. The van der Waals surface area contributed by atoms with Crippen LogP contribution < -0.4 is 0 Å². The summed E-state index contributed by atoms with van der Waals surface area (Å²) < 4.78 is 0. The lowest BCUT2D eigenvalue weighted by molar-refractivity contribution is 0.0634. The lowest BCUT2D eigenvalue weighted by Gasteiger charge is -2.45. The quantitative estimate of drug-likeness (QED) is 0.775. The summed E-state index contributed by atoms with van der Waals surface area (Å²) in [4.78, 5) is 5.09. The number of nitrogens with zero attached hydrogens (tertiary/aromatic N) is 2. The average Bonchev–Trinajstić information content (AvgIpc) is 2.81. The van der Waals surface area contributed by atoms with Crippen LogP contribution in [0.4, 0.5) is 0 Å². The van der Waals surface area contributed by atoms with Crippen molar-refractivity contribution in [1.82, 2.24) is 9.80 Å². The molecule has 0 unspecified atom stereocenters.